The maximum Gasteiger partial charge on any atom is 0.263 e. The third-order valence-corrected chi connectivity index (χ3v) is 5.91. The fraction of sp³-hybridized carbons (Fsp3) is 0.684. The van der Waals surface area contributed by atoms with Gasteiger partial charge in [-0.15, -0.1) is 0 Å². The third-order valence-electron chi connectivity index (χ3n) is 5.91. The monoisotopic (exact) mass is 358 g/mol. The van der Waals surface area contributed by atoms with Gasteiger partial charge in [-0.25, -0.2) is 4.98 Å². The zero-order valence-corrected chi connectivity index (χ0v) is 15.2. The number of likely N-dealkylation sites (tertiary alicyclic amines) is 2. The number of nitrogens with zero attached hydrogens (tertiary/aromatic N) is 3. The molecule has 1 N–H and O–H groups in total. The number of aromatic nitrogens is 2. The zero-order chi connectivity index (χ0) is 18.3. The van der Waals surface area contributed by atoms with Gasteiger partial charge >= 0.3 is 0 Å². The second-order valence-corrected chi connectivity index (χ2v) is 7.78. The van der Waals surface area contributed by atoms with Crippen molar-refractivity contribution in [3.63, 3.8) is 0 Å². The number of nitrogens with one attached hydrogen (secondary N) is 1. The highest BCUT2D eigenvalue weighted by atomic mass is 16.2. The van der Waals surface area contributed by atoms with E-state index in [1.807, 2.05) is 4.90 Å². The Morgan fingerprint density at radius 3 is 2.77 bits per heavy atom. The van der Waals surface area contributed by atoms with E-state index in [0.29, 0.717) is 37.2 Å². The number of aromatic amines is 1. The summed E-state index contributed by atoms with van der Waals surface area (Å²) in [6.45, 7) is 4.07. The Labute approximate surface area is 152 Å². The van der Waals surface area contributed by atoms with E-state index in [2.05, 4.69) is 16.9 Å². The van der Waals surface area contributed by atoms with Crippen LogP contribution < -0.4 is 5.56 Å². The molecule has 7 heteroatoms. The van der Waals surface area contributed by atoms with Gasteiger partial charge in [-0.3, -0.25) is 14.4 Å². The molecule has 3 heterocycles. The molecule has 1 saturated carbocycles. The molecule has 3 fully saturated rings. The summed E-state index contributed by atoms with van der Waals surface area (Å²) in [4.78, 5) is 48.2. The van der Waals surface area contributed by atoms with Crippen LogP contribution >= 0.6 is 0 Å². The number of hydrogen-bond acceptors (Lipinski definition) is 4. The van der Waals surface area contributed by atoms with Gasteiger partial charge in [0.05, 0.1) is 0 Å². The van der Waals surface area contributed by atoms with Crippen LogP contribution in [0.5, 0.6) is 0 Å². The first-order valence-corrected chi connectivity index (χ1v) is 9.76. The summed E-state index contributed by atoms with van der Waals surface area (Å²) in [7, 11) is 0. The lowest BCUT2D eigenvalue weighted by Gasteiger charge is -2.47. The van der Waals surface area contributed by atoms with Gasteiger partial charge in [-0.05, 0) is 38.0 Å². The number of hydrogen-bond donors (Lipinski definition) is 1. The van der Waals surface area contributed by atoms with Crippen LogP contribution in [0.2, 0.25) is 0 Å². The molecule has 0 unspecified atom stereocenters. The van der Waals surface area contributed by atoms with E-state index in [1.54, 1.807) is 4.90 Å². The molecule has 26 heavy (non-hydrogen) atoms. The highest BCUT2D eigenvalue weighted by molar-refractivity contribution is 5.93. The van der Waals surface area contributed by atoms with Gasteiger partial charge in [0, 0.05) is 44.2 Å². The molecule has 0 bridgehead atoms. The summed E-state index contributed by atoms with van der Waals surface area (Å²) in [5.41, 5.74) is -0.203. The van der Waals surface area contributed by atoms with Crippen LogP contribution in [0, 0.1) is 5.92 Å². The third kappa shape index (κ3) is 3.15. The Hall–Kier alpha value is -2.18. The van der Waals surface area contributed by atoms with Crippen molar-refractivity contribution in [2.75, 3.05) is 19.6 Å². The molecule has 1 aliphatic carbocycles. The van der Waals surface area contributed by atoms with Crippen LogP contribution in [0.3, 0.4) is 0 Å². The molecule has 1 aromatic rings. The van der Waals surface area contributed by atoms with Crippen molar-refractivity contribution in [1.29, 1.82) is 0 Å². The Kier molecular flexibility index (Phi) is 4.54. The first-order chi connectivity index (χ1) is 12.6. The zero-order valence-electron chi connectivity index (χ0n) is 15.2. The molecule has 2 amide bonds. The maximum absolute atomic E-state index is 12.8. The van der Waals surface area contributed by atoms with Gasteiger partial charge in [-0.1, -0.05) is 6.92 Å². The van der Waals surface area contributed by atoms with Crippen LogP contribution in [0.4, 0.5) is 0 Å². The summed E-state index contributed by atoms with van der Waals surface area (Å²) in [6.07, 6.45) is 6.66. The minimum atomic E-state index is -0.333. The van der Waals surface area contributed by atoms with E-state index in [4.69, 9.17) is 0 Å². The number of amides is 2. The summed E-state index contributed by atoms with van der Waals surface area (Å²) in [5.74, 6) is 1.36. The van der Waals surface area contributed by atoms with E-state index < -0.39 is 0 Å². The Morgan fingerprint density at radius 1 is 1.27 bits per heavy atom. The van der Waals surface area contributed by atoms with Gasteiger partial charge in [0.15, 0.2) is 0 Å². The van der Waals surface area contributed by atoms with Crippen molar-refractivity contribution in [2.24, 2.45) is 5.92 Å². The van der Waals surface area contributed by atoms with Gasteiger partial charge in [-0.2, -0.15) is 0 Å². The van der Waals surface area contributed by atoms with Crippen LogP contribution in [0.25, 0.3) is 0 Å². The second-order valence-electron chi connectivity index (χ2n) is 7.78. The van der Waals surface area contributed by atoms with E-state index in [0.717, 1.165) is 38.6 Å². The molecule has 3 aliphatic rings. The predicted octanol–water partition coefficient (Wildman–Crippen LogP) is 1.51. The first-order valence-electron chi connectivity index (χ1n) is 9.76. The summed E-state index contributed by atoms with van der Waals surface area (Å²) in [5, 5.41) is 0. The molecule has 7 nitrogen and oxygen atoms in total. The number of rotatable bonds is 4. The van der Waals surface area contributed by atoms with Crippen molar-refractivity contribution in [1.82, 2.24) is 19.8 Å². The van der Waals surface area contributed by atoms with Gasteiger partial charge in [0.1, 0.15) is 11.4 Å². The van der Waals surface area contributed by atoms with Crippen LogP contribution in [0.15, 0.2) is 11.0 Å². The average molecular weight is 358 g/mol. The summed E-state index contributed by atoms with van der Waals surface area (Å²) < 4.78 is 0. The van der Waals surface area contributed by atoms with Crippen molar-refractivity contribution in [3.8, 4) is 0 Å². The molecule has 2 aliphatic heterocycles. The quantitative estimate of drug-likeness (QED) is 0.884. The standard InChI is InChI=1S/C19H26N4O3/c1-2-8-23-15-7-9-22(11-13(15)5-6-16(23)24)19(26)14-10-20-17(12-3-4-12)21-18(14)25/h10,12-13,15H,2-9,11H2,1H3,(H,20,21,25)/t13-,15+/m0/s1. The molecule has 140 valence electrons. The topological polar surface area (TPSA) is 86.4 Å². The van der Waals surface area contributed by atoms with Crippen molar-refractivity contribution >= 4 is 11.8 Å². The van der Waals surface area contributed by atoms with E-state index in [1.165, 1.54) is 6.20 Å². The summed E-state index contributed by atoms with van der Waals surface area (Å²) >= 11 is 0. The summed E-state index contributed by atoms with van der Waals surface area (Å²) in [6, 6.07) is 0.230. The lowest BCUT2D eigenvalue weighted by Crippen LogP contribution is -2.57. The maximum atomic E-state index is 12.8. The smallest absolute Gasteiger partial charge is 0.263 e. The Balaban J connectivity index is 1.47. The lowest BCUT2D eigenvalue weighted by molar-refractivity contribution is -0.140. The predicted molar refractivity (Wildman–Crippen MR) is 95.9 cm³/mol. The molecule has 0 aromatic carbocycles. The van der Waals surface area contributed by atoms with E-state index in [9.17, 15) is 14.4 Å². The van der Waals surface area contributed by atoms with Crippen molar-refractivity contribution in [2.45, 2.75) is 57.4 Å². The molecule has 4 rings (SSSR count). The second kappa shape index (κ2) is 6.85. The minimum Gasteiger partial charge on any atom is -0.339 e. The molecule has 1 aromatic heterocycles. The first kappa shape index (κ1) is 17.2. The molecular weight excluding hydrogens is 332 g/mol. The number of piperidine rings is 2. The molecule has 0 spiro atoms. The van der Waals surface area contributed by atoms with Crippen molar-refractivity contribution in [3.05, 3.63) is 27.9 Å². The van der Waals surface area contributed by atoms with Crippen LogP contribution in [-0.4, -0.2) is 57.3 Å². The number of fused-ring (bicyclic) bond motifs is 1. The Bertz CT molecular complexity index is 770. The number of carbonyl (C=O) groups excluding carboxylic acids is 2. The number of H-pyrrole nitrogens is 1. The average Bonchev–Trinajstić information content (AvgIpc) is 3.48. The van der Waals surface area contributed by atoms with E-state index >= 15 is 0 Å². The van der Waals surface area contributed by atoms with Crippen molar-refractivity contribution < 1.29 is 9.59 Å². The molecular formula is C19H26N4O3. The van der Waals surface area contributed by atoms with Crippen LogP contribution in [0.1, 0.15) is 67.5 Å². The largest absolute Gasteiger partial charge is 0.339 e. The molecule has 2 saturated heterocycles. The fourth-order valence-electron chi connectivity index (χ4n) is 4.36. The molecule has 0 radical (unpaired) electrons. The normalized spacial score (nSPS) is 26.0. The fourth-order valence-corrected chi connectivity index (χ4v) is 4.36. The lowest BCUT2D eigenvalue weighted by atomic mass is 9.83. The SMILES string of the molecule is CCCN1C(=O)CC[C@H]2CN(C(=O)c3cnc(C4CC4)[nH]c3=O)CC[C@H]21. The van der Waals surface area contributed by atoms with Crippen LogP contribution in [-0.2, 0) is 4.79 Å². The highest BCUT2D eigenvalue weighted by Crippen LogP contribution is 2.37. The van der Waals surface area contributed by atoms with Gasteiger partial charge < -0.3 is 14.8 Å². The highest BCUT2D eigenvalue weighted by Gasteiger charge is 2.40. The Morgan fingerprint density at radius 2 is 2.08 bits per heavy atom. The van der Waals surface area contributed by atoms with Gasteiger partial charge in [0.2, 0.25) is 5.91 Å². The van der Waals surface area contributed by atoms with E-state index in [-0.39, 0.29) is 29.0 Å². The van der Waals surface area contributed by atoms with Gasteiger partial charge in [0.25, 0.3) is 11.5 Å². The molecule has 2 atom stereocenters. The number of carbonyl (C=O) groups is 2. The minimum absolute atomic E-state index is 0.130.